The third kappa shape index (κ3) is 4.36. The Labute approximate surface area is 108 Å². The van der Waals surface area contributed by atoms with E-state index in [0.717, 1.165) is 11.3 Å². The van der Waals surface area contributed by atoms with E-state index in [-0.39, 0.29) is 28.3 Å². The van der Waals surface area contributed by atoms with Crippen molar-refractivity contribution in [3.05, 3.63) is 0 Å². The fourth-order valence-corrected chi connectivity index (χ4v) is 3.02. The number of hydrogen-bond donors (Lipinski definition) is 2. The molecule has 0 aromatic carbocycles. The summed E-state index contributed by atoms with van der Waals surface area (Å²) in [6.07, 6.45) is 0.697. The van der Waals surface area contributed by atoms with Crippen molar-refractivity contribution in [1.82, 2.24) is 14.9 Å². The molecule has 8 nitrogen and oxygen atoms in total. The van der Waals surface area contributed by atoms with Gasteiger partial charge in [-0.25, -0.2) is 13.1 Å². The molecule has 0 bridgehead atoms. The number of aromatic nitrogens is 2. The van der Waals surface area contributed by atoms with Gasteiger partial charge in [-0.05, 0) is 6.42 Å². The highest BCUT2D eigenvalue weighted by atomic mass is 32.2. The fourth-order valence-electron chi connectivity index (χ4n) is 0.955. The lowest BCUT2D eigenvalue weighted by molar-refractivity contribution is -0.114. The van der Waals surface area contributed by atoms with E-state index >= 15 is 0 Å². The number of carbonyl (C=O) groups excluding carboxylic acids is 1. The summed E-state index contributed by atoms with van der Waals surface area (Å²) in [4.78, 5) is 10.7. The van der Waals surface area contributed by atoms with E-state index in [9.17, 15) is 13.2 Å². The van der Waals surface area contributed by atoms with Crippen LogP contribution in [-0.2, 0) is 14.8 Å². The van der Waals surface area contributed by atoms with Gasteiger partial charge in [0.05, 0.1) is 6.07 Å². The maximum absolute atomic E-state index is 11.7. The third-order valence-corrected chi connectivity index (χ3v) is 4.34. The average molecular weight is 289 g/mol. The maximum atomic E-state index is 11.7. The second-order valence-electron chi connectivity index (χ2n) is 3.21. The topological polar surface area (TPSA) is 125 Å². The van der Waals surface area contributed by atoms with Gasteiger partial charge in [0.2, 0.25) is 15.4 Å². The first-order valence-electron chi connectivity index (χ1n) is 4.93. The Morgan fingerprint density at radius 3 is 2.83 bits per heavy atom. The van der Waals surface area contributed by atoms with Crippen molar-refractivity contribution < 1.29 is 13.2 Å². The van der Waals surface area contributed by atoms with Crippen molar-refractivity contribution in [3.63, 3.8) is 0 Å². The molecule has 0 unspecified atom stereocenters. The first-order chi connectivity index (χ1) is 8.45. The third-order valence-electron chi connectivity index (χ3n) is 1.68. The van der Waals surface area contributed by atoms with Crippen LogP contribution in [0.2, 0.25) is 0 Å². The van der Waals surface area contributed by atoms with Crippen molar-refractivity contribution in [3.8, 4) is 6.07 Å². The zero-order chi connectivity index (χ0) is 13.6. The molecule has 0 radical (unpaired) electrons. The number of nitriles is 1. The highest BCUT2D eigenvalue weighted by molar-refractivity contribution is 7.91. The molecule has 10 heteroatoms. The number of sulfonamides is 1. The molecular formula is C8H11N5O3S2. The zero-order valence-corrected chi connectivity index (χ0v) is 11.1. The second-order valence-corrected chi connectivity index (χ2v) is 6.13. The quantitative estimate of drug-likeness (QED) is 0.564. The highest BCUT2D eigenvalue weighted by Crippen LogP contribution is 2.19. The predicted molar refractivity (Wildman–Crippen MR) is 64.2 cm³/mol. The van der Waals surface area contributed by atoms with Crippen LogP contribution in [-0.4, -0.2) is 31.1 Å². The number of rotatable bonds is 6. The second kappa shape index (κ2) is 6.39. The summed E-state index contributed by atoms with van der Waals surface area (Å²) >= 11 is 0.762. The molecule has 0 aliphatic carbocycles. The molecule has 0 saturated heterocycles. The van der Waals surface area contributed by atoms with Gasteiger partial charge in [0.25, 0.3) is 10.0 Å². The number of unbranched alkanes of at least 4 members (excludes halogenated alkanes) is 1. The summed E-state index contributed by atoms with van der Waals surface area (Å²) in [6.45, 7) is 1.45. The van der Waals surface area contributed by atoms with Crippen molar-refractivity contribution >= 4 is 32.4 Å². The number of hydrogen-bond acceptors (Lipinski definition) is 7. The van der Waals surface area contributed by atoms with Crippen LogP contribution in [0.15, 0.2) is 4.34 Å². The molecule has 0 aliphatic heterocycles. The Balaban J connectivity index is 2.65. The first-order valence-corrected chi connectivity index (χ1v) is 7.23. The van der Waals surface area contributed by atoms with Gasteiger partial charge in [-0.2, -0.15) is 5.26 Å². The van der Waals surface area contributed by atoms with Gasteiger partial charge < -0.3 is 5.32 Å². The Morgan fingerprint density at radius 2 is 2.22 bits per heavy atom. The molecular weight excluding hydrogens is 278 g/mol. The molecule has 2 N–H and O–H groups in total. The Hall–Kier alpha value is -1.57. The van der Waals surface area contributed by atoms with Crippen molar-refractivity contribution in [2.75, 3.05) is 11.9 Å². The first kappa shape index (κ1) is 14.5. The molecule has 1 heterocycles. The van der Waals surface area contributed by atoms with Crippen LogP contribution in [0, 0.1) is 11.3 Å². The van der Waals surface area contributed by atoms with Gasteiger partial charge >= 0.3 is 0 Å². The largest absolute Gasteiger partial charge is 0.301 e. The summed E-state index contributed by atoms with van der Waals surface area (Å²) in [6, 6.07) is 1.91. The van der Waals surface area contributed by atoms with E-state index in [1.54, 1.807) is 0 Å². The molecule has 98 valence electrons. The molecule has 1 amide bonds. The summed E-state index contributed by atoms with van der Waals surface area (Å²) in [5, 5.41) is 17.8. The van der Waals surface area contributed by atoms with Crippen LogP contribution < -0.4 is 10.0 Å². The lowest BCUT2D eigenvalue weighted by atomic mass is 10.3. The lowest BCUT2D eigenvalue weighted by Crippen LogP contribution is -2.24. The summed E-state index contributed by atoms with van der Waals surface area (Å²) in [5.74, 6) is -0.350. The monoisotopic (exact) mass is 289 g/mol. The Bertz CT molecular complexity index is 560. The minimum absolute atomic E-state index is 0.125. The van der Waals surface area contributed by atoms with Crippen molar-refractivity contribution in [1.29, 1.82) is 5.26 Å². The summed E-state index contributed by atoms with van der Waals surface area (Å²) in [7, 11) is -3.72. The minimum Gasteiger partial charge on any atom is -0.301 e. The Morgan fingerprint density at radius 1 is 1.50 bits per heavy atom. The summed E-state index contributed by atoms with van der Waals surface area (Å²) in [5.41, 5.74) is 0. The van der Waals surface area contributed by atoms with Crippen LogP contribution in [0.3, 0.4) is 0 Å². The number of anilines is 1. The molecule has 1 aromatic rings. The molecule has 1 aromatic heterocycles. The molecule has 0 aliphatic rings. The average Bonchev–Trinajstić information content (AvgIpc) is 2.73. The molecule has 18 heavy (non-hydrogen) atoms. The van der Waals surface area contributed by atoms with Crippen LogP contribution >= 0.6 is 11.3 Å². The number of amides is 1. The van der Waals surface area contributed by atoms with E-state index in [0.29, 0.717) is 6.42 Å². The van der Waals surface area contributed by atoms with E-state index in [1.807, 2.05) is 6.07 Å². The summed E-state index contributed by atoms with van der Waals surface area (Å²) < 4.78 is 25.5. The van der Waals surface area contributed by atoms with Crippen LogP contribution in [0.25, 0.3) is 0 Å². The normalized spacial score (nSPS) is 10.9. The molecule has 0 atom stereocenters. The molecule has 0 saturated carbocycles. The van der Waals surface area contributed by atoms with Gasteiger partial charge in [0.15, 0.2) is 0 Å². The molecule has 1 rings (SSSR count). The number of nitrogens with one attached hydrogen (secondary N) is 2. The van der Waals surface area contributed by atoms with Crippen LogP contribution in [0.4, 0.5) is 5.13 Å². The lowest BCUT2D eigenvalue weighted by Gasteiger charge is -2.00. The van der Waals surface area contributed by atoms with E-state index in [4.69, 9.17) is 5.26 Å². The Kier molecular flexibility index (Phi) is 5.14. The number of nitrogens with zero attached hydrogens (tertiary/aromatic N) is 3. The van der Waals surface area contributed by atoms with Crippen molar-refractivity contribution in [2.24, 2.45) is 0 Å². The van der Waals surface area contributed by atoms with Gasteiger partial charge in [-0.1, -0.05) is 11.3 Å². The van der Waals surface area contributed by atoms with E-state index in [1.165, 1.54) is 6.92 Å². The highest BCUT2D eigenvalue weighted by Gasteiger charge is 2.19. The zero-order valence-electron chi connectivity index (χ0n) is 9.50. The van der Waals surface area contributed by atoms with Gasteiger partial charge in [-0.15, -0.1) is 10.2 Å². The van der Waals surface area contributed by atoms with Gasteiger partial charge in [0.1, 0.15) is 0 Å². The molecule has 0 spiro atoms. The van der Waals surface area contributed by atoms with Gasteiger partial charge in [0, 0.05) is 19.9 Å². The predicted octanol–water partition coefficient (Wildman–Crippen LogP) is 0.0786. The maximum Gasteiger partial charge on any atom is 0.269 e. The van der Waals surface area contributed by atoms with Gasteiger partial charge in [-0.3, -0.25) is 4.79 Å². The molecule has 0 fully saturated rings. The van der Waals surface area contributed by atoms with E-state index < -0.39 is 10.0 Å². The minimum atomic E-state index is -3.72. The van der Waals surface area contributed by atoms with E-state index in [2.05, 4.69) is 20.2 Å². The SMILES string of the molecule is CC(=O)Nc1nnc(S(=O)(=O)NCCCC#N)s1. The fraction of sp³-hybridized carbons (Fsp3) is 0.500. The van der Waals surface area contributed by atoms with Crippen molar-refractivity contribution in [2.45, 2.75) is 24.1 Å². The number of carbonyl (C=O) groups is 1. The standard InChI is InChI=1S/C8H11N5O3S2/c1-6(14)11-7-12-13-8(17-7)18(15,16)10-5-3-2-4-9/h10H,2-3,5H2,1H3,(H,11,12,14). The van der Waals surface area contributed by atoms with Crippen LogP contribution in [0.1, 0.15) is 19.8 Å². The smallest absolute Gasteiger partial charge is 0.269 e. The van der Waals surface area contributed by atoms with Crippen LogP contribution in [0.5, 0.6) is 0 Å².